The summed E-state index contributed by atoms with van der Waals surface area (Å²) < 4.78 is 44.4. The Labute approximate surface area is 133 Å². The molecule has 0 N–H and O–H groups in total. The number of pyridine rings is 1. The minimum absolute atomic E-state index is 0.0897. The lowest BCUT2D eigenvalue weighted by atomic mass is 10.1. The van der Waals surface area contributed by atoms with Gasteiger partial charge in [-0.15, -0.1) is 0 Å². The molecule has 0 unspecified atom stereocenters. The molecule has 0 aliphatic heterocycles. The summed E-state index contributed by atoms with van der Waals surface area (Å²) in [6.45, 7) is 0. The van der Waals surface area contributed by atoms with Gasteiger partial charge in [-0.3, -0.25) is 10.1 Å². The molecule has 3 aromatic rings. The second-order valence-electron chi connectivity index (χ2n) is 4.95. The summed E-state index contributed by atoms with van der Waals surface area (Å²) in [4.78, 5) is 14.7. The maximum absolute atomic E-state index is 12.7. The Kier molecular flexibility index (Phi) is 3.63. The molecule has 0 fully saturated rings. The lowest BCUT2D eigenvalue weighted by molar-refractivity contribution is -0.385. The molecule has 3 rings (SSSR count). The van der Waals surface area contributed by atoms with Gasteiger partial charge in [0.25, 0.3) is 0 Å². The number of fused-ring (bicyclic) bond motifs is 1. The smallest absolute Gasteiger partial charge is 0.417 e. The van der Waals surface area contributed by atoms with Crippen molar-refractivity contribution in [3.8, 4) is 17.0 Å². The van der Waals surface area contributed by atoms with Crippen molar-refractivity contribution in [2.45, 2.75) is 6.18 Å². The van der Waals surface area contributed by atoms with Gasteiger partial charge in [-0.25, -0.2) is 4.98 Å². The van der Waals surface area contributed by atoms with Crippen molar-refractivity contribution < 1.29 is 22.8 Å². The Morgan fingerprint density at radius 2 is 1.96 bits per heavy atom. The van der Waals surface area contributed by atoms with Gasteiger partial charge in [0, 0.05) is 24.0 Å². The average molecular weight is 337 g/mol. The fourth-order valence-corrected chi connectivity index (χ4v) is 2.29. The van der Waals surface area contributed by atoms with Crippen molar-refractivity contribution >= 4 is 11.3 Å². The Hall–Kier alpha value is -3.10. The van der Waals surface area contributed by atoms with Crippen LogP contribution in [0.3, 0.4) is 0 Å². The second kappa shape index (κ2) is 5.52. The van der Waals surface area contributed by atoms with E-state index in [1.165, 1.54) is 35.9 Å². The van der Waals surface area contributed by atoms with Crippen LogP contribution in [0.15, 0.2) is 42.7 Å². The number of nitrogens with zero attached hydrogens (tertiary/aromatic N) is 3. The molecule has 0 radical (unpaired) electrons. The topological polar surface area (TPSA) is 69.7 Å². The molecule has 0 saturated carbocycles. The molecule has 0 aliphatic carbocycles. The van der Waals surface area contributed by atoms with Gasteiger partial charge in [-0.1, -0.05) is 0 Å². The van der Waals surface area contributed by atoms with Gasteiger partial charge in [0.05, 0.1) is 23.3 Å². The molecule has 6 nitrogen and oxygen atoms in total. The van der Waals surface area contributed by atoms with Gasteiger partial charge >= 0.3 is 11.9 Å². The number of rotatable bonds is 3. The molecule has 1 aromatic carbocycles. The van der Waals surface area contributed by atoms with Crippen LogP contribution in [0.1, 0.15) is 5.56 Å². The number of nitro benzene ring substituents is 1. The molecule has 0 aliphatic rings. The fourth-order valence-electron chi connectivity index (χ4n) is 2.29. The molecule has 9 heteroatoms. The van der Waals surface area contributed by atoms with E-state index in [-0.39, 0.29) is 11.4 Å². The third-order valence-electron chi connectivity index (χ3n) is 3.45. The number of ether oxygens (including phenoxy) is 1. The Morgan fingerprint density at radius 1 is 1.21 bits per heavy atom. The lowest BCUT2D eigenvalue weighted by Crippen LogP contribution is -2.05. The summed E-state index contributed by atoms with van der Waals surface area (Å²) in [6.07, 6.45) is -2.16. The quantitative estimate of drug-likeness (QED) is 0.536. The fraction of sp³-hybridized carbons (Fsp3) is 0.133. The monoisotopic (exact) mass is 337 g/mol. The van der Waals surface area contributed by atoms with Crippen molar-refractivity contribution in [2.24, 2.45) is 0 Å². The van der Waals surface area contributed by atoms with E-state index in [0.717, 1.165) is 12.3 Å². The van der Waals surface area contributed by atoms with Crippen LogP contribution in [0.25, 0.3) is 16.9 Å². The second-order valence-corrected chi connectivity index (χ2v) is 4.95. The third-order valence-corrected chi connectivity index (χ3v) is 3.45. The van der Waals surface area contributed by atoms with Gasteiger partial charge in [-0.2, -0.15) is 13.2 Å². The van der Waals surface area contributed by atoms with E-state index in [2.05, 4.69) is 4.98 Å². The van der Waals surface area contributed by atoms with E-state index >= 15 is 0 Å². The van der Waals surface area contributed by atoms with Crippen LogP contribution in [-0.4, -0.2) is 21.4 Å². The summed E-state index contributed by atoms with van der Waals surface area (Å²) in [5.41, 5.74) is -0.0287. The van der Waals surface area contributed by atoms with Crippen molar-refractivity contribution in [3.05, 3.63) is 58.4 Å². The molecular formula is C15H10F3N3O3. The first kappa shape index (κ1) is 15.8. The lowest BCUT2D eigenvalue weighted by Gasteiger charge is -2.05. The van der Waals surface area contributed by atoms with Gasteiger partial charge in [0.15, 0.2) is 5.75 Å². The number of benzene rings is 1. The van der Waals surface area contributed by atoms with E-state index in [0.29, 0.717) is 16.9 Å². The number of hydrogen-bond acceptors (Lipinski definition) is 4. The molecule has 124 valence electrons. The van der Waals surface area contributed by atoms with E-state index in [1.54, 1.807) is 6.07 Å². The van der Waals surface area contributed by atoms with Crippen LogP contribution in [-0.2, 0) is 6.18 Å². The molecule has 24 heavy (non-hydrogen) atoms. The van der Waals surface area contributed by atoms with Crippen LogP contribution in [0.4, 0.5) is 18.9 Å². The van der Waals surface area contributed by atoms with Crippen LogP contribution in [0.5, 0.6) is 5.75 Å². The Bertz CT molecular complexity index is 935. The van der Waals surface area contributed by atoms with Crippen molar-refractivity contribution in [1.82, 2.24) is 9.38 Å². The molecule has 0 spiro atoms. The predicted molar refractivity (Wildman–Crippen MR) is 78.8 cm³/mol. The highest BCUT2D eigenvalue weighted by atomic mass is 19.4. The van der Waals surface area contributed by atoms with Crippen LogP contribution >= 0.6 is 0 Å². The maximum atomic E-state index is 12.7. The summed E-state index contributed by atoms with van der Waals surface area (Å²) in [5.74, 6) is 0.0897. The number of nitro groups is 1. The van der Waals surface area contributed by atoms with Crippen molar-refractivity contribution in [2.75, 3.05) is 7.11 Å². The van der Waals surface area contributed by atoms with Gasteiger partial charge in [0.2, 0.25) is 0 Å². The molecule has 2 heterocycles. The summed E-state index contributed by atoms with van der Waals surface area (Å²) in [6, 6.07) is 6.41. The number of halogens is 3. The first-order chi connectivity index (χ1) is 11.3. The minimum Gasteiger partial charge on any atom is -0.490 e. The van der Waals surface area contributed by atoms with Gasteiger partial charge < -0.3 is 9.14 Å². The first-order valence-corrected chi connectivity index (χ1v) is 6.68. The molecule has 0 atom stereocenters. The number of alkyl halides is 3. The number of aromatic nitrogens is 2. The van der Waals surface area contributed by atoms with Crippen molar-refractivity contribution in [3.63, 3.8) is 0 Å². The molecule has 0 amide bonds. The highest BCUT2D eigenvalue weighted by Gasteiger charge is 2.31. The summed E-state index contributed by atoms with van der Waals surface area (Å²) in [7, 11) is 1.31. The number of imidazole rings is 1. The van der Waals surface area contributed by atoms with Crippen LogP contribution < -0.4 is 4.74 Å². The number of hydrogen-bond donors (Lipinski definition) is 0. The molecule has 0 bridgehead atoms. The Balaban J connectivity index is 2.10. The zero-order valence-electron chi connectivity index (χ0n) is 12.2. The van der Waals surface area contributed by atoms with E-state index < -0.39 is 16.7 Å². The standard InChI is InChI=1S/C15H10F3N3O3/c1-24-13-4-2-9(6-12(13)21(22)23)11-8-20-7-10(15(16,17)18)3-5-14(20)19-11/h2-8H,1H3. The zero-order chi connectivity index (χ0) is 17.5. The van der Waals surface area contributed by atoms with E-state index in [4.69, 9.17) is 4.74 Å². The predicted octanol–water partition coefficient (Wildman–Crippen LogP) is 3.94. The highest BCUT2D eigenvalue weighted by Crippen LogP contribution is 2.33. The Morgan fingerprint density at radius 3 is 2.58 bits per heavy atom. The summed E-state index contributed by atoms with van der Waals surface area (Å²) in [5, 5.41) is 11.1. The maximum Gasteiger partial charge on any atom is 0.417 e. The first-order valence-electron chi connectivity index (χ1n) is 6.68. The van der Waals surface area contributed by atoms with Gasteiger partial charge in [0.1, 0.15) is 5.65 Å². The normalized spacial score (nSPS) is 11.7. The van der Waals surface area contributed by atoms with E-state index in [1.807, 2.05) is 0 Å². The van der Waals surface area contributed by atoms with E-state index in [9.17, 15) is 23.3 Å². The molecule has 0 saturated heterocycles. The molecular weight excluding hydrogens is 327 g/mol. The number of methoxy groups -OCH3 is 1. The van der Waals surface area contributed by atoms with Gasteiger partial charge in [-0.05, 0) is 24.3 Å². The largest absolute Gasteiger partial charge is 0.490 e. The third kappa shape index (κ3) is 2.75. The highest BCUT2D eigenvalue weighted by molar-refractivity contribution is 5.68. The van der Waals surface area contributed by atoms with Crippen LogP contribution in [0.2, 0.25) is 0 Å². The SMILES string of the molecule is COc1ccc(-c2cn3cc(C(F)(F)F)ccc3n2)cc1[N+](=O)[O-]. The summed E-state index contributed by atoms with van der Waals surface area (Å²) >= 11 is 0. The average Bonchev–Trinajstić information content (AvgIpc) is 2.96. The molecule has 2 aromatic heterocycles. The minimum atomic E-state index is -4.46. The van der Waals surface area contributed by atoms with Crippen molar-refractivity contribution in [1.29, 1.82) is 0 Å². The van der Waals surface area contributed by atoms with Crippen LogP contribution in [0, 0.1) is 10.1 Å². The zero-order valence-corrected chi connectivity index (χ0v) is 12.2.